The van der Waals surface area contributed by atoms with Crippen molar-refractivity contribution in [2.75, 3.05) is 12.0 Å². The quantitative estimate of drug-likeness (QED) is 0.345. The lowest BCUT2D eigenvalue weighted by molar-refractivity contribution is -0.122. The Morgan fingerprint density at radius 2 is 1.68 bits per heavy atom. The molecule has 4 rings (SSSR count). The molecule has 1 N–H and O–H groups in total. The van der Waals surface area contributed by atoms with Crippen molar-refractivity contribution in [2.24, 2.45) is 0 Å². The van der Waals surface area contributed by atoms with Crippen LogP contribution in [0.25, 0.3) is 6.08 Å². The number of carbonyl (C=O) groups excluding carboxylic acids is 4. The molecule has 4 amide bonds. The zero-order valence-electron chi connectivity index (χ0n) is 18.2. The van der Waals surface area contributed by atoms with E-state index in [2.05, 4.69) is 10.1 Å². The molecule has 0 spiro atoms. The van der Waals surface area contributed by atoms with Gasteiger partial charge in [-0.1, -0.05) is 42.5 Å². The first-order valence-corrected chi connectivity index (χ1v) is 10.3. The minimum atomic E-state index is -0.877. The maximum atomic E-state index is 13.1. The van der Waals surface area contributed by atoms with E-state index in [0.717, 1.165) is 10.5 Å². The van der Waals surface area contributed by atoms with Gasteiger partial charge in [-0.25, -0.2) is 14.5 Å². The summed E-state index contributed by atoms with van der Waals surface area (Å²) in [5, 5.41) is 2.17. The van der Waals surface area contributed by atoms with Crippen LogP contribution >= 0.6 is 0 Å². The summed E-state index contributed by atoms with van der Waals surface area (Å²) in [6, 6.07) is 21.4. The Bertz CT molecular complexity index is 1280. The highest BCUT2D eigenvalue weighted by molar-refractivity contribution is 6.39. The number of methoxy groups -OCH3 is 1. The van der Waals surface area contributed by atoms with Crippen LogP contribution in [-0.2, 0) is 20.9 Å². The number of esters is 1. The van der Waals surface area contributed by atoms with Gasteiger partial charge in [0.15, 0.2) is 0 Å². The van der Waals surface area contributed by atoms with Crippen LogP contribution in [0.2, 0.25) is 0 Å². The summed E-state index contributed by atoms with van der Waals surface area (Å²) in [7, 11) is 1.25. The van der Waals surface area contributed by atoms with E-state index >= 15 is 0 Å². The largest absolute Gasteiger partial charge is 0.489 e. The highest BCUT2D eigenvalue weighted by atomic mass is 16.5. The van der Waals surface area contributed by atoms with Crippen molar-refractivity contribution in [1.29, 1.82) is 0 Å². The number of urea groups is 1. The Balaban J connectivity index is 1.56. The van der Waals surface area contributed by atoms with Gasteiger partial charge in [-0.15, -0.1) is 0 Å². The van der Waals surface area contributed by atoms with E-state index in [1.165, 1.54) is 37.5 Å². The predicted molar refractivity (Wildman–Crippen MR) is 124 cm³/mol. The Morgan fingerprint density at radius 1 is 0.941 bits per heavy atom. The number of barbiturate groups is 1. The monoisotopic (exact) mass is 456 g/mol. The van der Waals surface area contributed by atoms with Crippen molar-refractivity contribution in [1.82, 2.24) is 5.32 Å². The molecule has 0 saturated carbocycles. The predicted octanol–water partition coefficient (Wildman–Crippen LogP) is 3.72. The van der Waals surface area contributed by atoms with Crippen molar-refractivity contribution in [3.05, 3.63) is 101 Å². The zero-order chi connectivity index (χ0) is 24.1. The minimum Gasteiger partial charge on any atom is -0.489 e. The fraction of sp³-hybridized carbons (Fsp3) is 0.0769. The van der Waals surface area contributed by atoms with Crippen molar-refractivity contribution in [3.63, 3.8) is 0 Å². The fourth-order valence-corrected chi connectivity index (χ4v) is 3.36. The van der Waals surface area contributed by atoms with Gasteiger partial charge in [-0.2, -0.15) is 0 Å². The second-order valence-electron chi connectivity index (χ2n) is 7.34. The van der Waals surface area contributed by atoms with Gasteiger partial charge < -0.3 is 9.47 Å². The molecule has 0 aromatic heterocycles. The molecule has 0 bridgehead atoms. The number of rotatable bonds is 6. The van der Waals surface area contributed by atoms with E-state index in [1.807, 2.05) is 30.3 Å². The number of nitrogens with zero attached hydrogens (tertiary/aromatic N) is 1. The molecular weight excluding hydrogens is 436 g/mol. The molecule has 1 aliphatic rings. The number of ether oxygens (including phenoxy) is 2. The minimum absolute atomic E-state index is 0.202. The number of amides is 4. The summed E-state index contributed by atoms with van der Waals surface area (Å²) < 4.78 is 10.5. The van der Waals surface area contributed by atoms with Gasteiger partial charge >= 0.3 is 12.0 Å². The van der Waals surface area contributed by atoms with Crippen LogP contribution in [0.15, 0.2) is 84.4 Å². The zero-order valence-corrected chi connectivity index (χ0v) is 18.2. The molecule has 8 heteroatoms. The molecule has 34 heavy (non-hydrogen) atoms. The summed E-state index contributed by atoms with van der Waals surface area (Å²) in [5.41, 5.74) is 1.81. The lowest BCUT2D eigenvalue weighted by Gasteiger charge is -2.26. The number of nitrogens with one attached hydrogen (secondary N) is 1. The van der Waals surface area contributed by atoms with E-state index in [1.54, 1.807) is 24.3 Å². The van der Waals surface area contributed by atoms with Gasteiger partial charge in [0.2, 0.25) is 0 Å². The Morgan fingerprint density at radius 3 is 2.38 bits per heavy atom. The molecular formula is C26H20N2O6. The van der Waals surface area contributed by atoms with Crippen LogP contribution in [-0.4, -0.2) is 30.9 Å². The fourth-order valence-electron chi connectivity index (χ4n) is 3.36. The molecule has 0 unspecified atom stereocenters. The highest BCUT2D eigenvalue weighted by Gasteiger charge is 2.36. The van der Waals surface area contributed by atoms with Gasteiger partial charge in [-0.3, -0.25) is 14.9 Å². The van der Waals surface area contributed by atoms with Crippen LogP contribution in [0.4, 0.5) is 10.5 Å². The first kappa shape index (κ1) is 22.5. The molecule has 1 aliphatic heterocycles. The van der Waals surface area contributed by atoms with Crippen LogP contribution in [0.1, 0.15) is 21.5 Å². The Hall–Kier alpha value is -4.72. The average Bonchev–Trinajstić information content (AvgIpc) is 2.86. The molecule has 1 heterocycles. The summed E-state index contributed by atoms with van der Waals surface area (Å²) >= 11 is 0. The Labute approximate surface area is 195 Å². The lowest BCUT2D eigenvalue weighted by atomic mass is 10.1. The highest BCUT2D eigenvalue weighted by Crippen LogP contribution is 2.24. The van der Waals surface area contributed by atoms with E-state index in [9.17, 15) is 19.2 Å². The van der Waals surface area contributed by atoms with E-state index in [4.69, 9.17) is 4.74 Å². The van der Waals surface area contributed by atoms with E-state index < -0.39 is 23.8 Å². The van der Waals surface area contributed by atoms with Crippen LogP contribution in [0.3, 0.4) is 0 Å². The number of imide groups is 2. The third kappa shape index (κ3) is 4.86. The van der Waals surface area contributed by atoms with Gasteiger partial charge in [0.25, 0.3) is 11.8 Å². The van der Waals surface area contributed by atoms with Gasteiger partial charge in [0.1, 0.15) is 17.9 Å². The molecule has 1 fully saturated rings. The number of benzene rings is 3. The topological polar surface area (TPSA) is 102 Å². The molecule has 3 aromatic carbocycles. The van der Waals surface area contributed by atoms with Gasteiger partial charge in [-0.05, 0) is 53.6 Å². The summed E-state index contributed by atoms with van der Waals surface area (Å²) in [6.07, 6.45) is 1.40. The molecule has 0 aliphatic carbocycles. The SMILES string of the molecule is COC(=O)c1ccc(N2C(=O)NC(=O)/C(=C\c3cccc(OCc4ccccc4)c3)C2=O)cc1. The normalized spacial score (nSPS) is 14.7. The van der Waals surface area contributed by atoms with Crippen LogP contribution in [0, 0.1) is 0 Å². The smallest absolute Gasteiger partial charge is 0.337 e. The van der Waals surface area contributed by atoms with Crippen LogP contribution in [0.5, 0.6) is 5.75 Å². The Kier molecular flexibility index (Phi) is 6.49. The maximum Gasteiger partial charge on any atom is 0.337 e. The summed E-state index contributed by atoms with van der Waals surface area (Å²) in [5.74, 6) is -1.57. The standard InChI is InChI=1S/C26H20N2O6/c1-33-25(31)19-10-12-20(13-11-19)28-24(30)22(23(29)27-26(28)32)15-18-8-5-9-21(14-18)34-16-17-6-3-2-4-7-17/h2-15H,16H2,1H3,(H,27,29,32)/b22-15+. The lowest BCUT2D eigenvalue weighted by Crippen LogP contribution is -2.54. The molecule has 0 radical (unpaired) electrons. The van der Waals surface area contributed by atoms with Crippen LogP contribution < -0.4 is 15.0 Å². The number of carbonyl (C=O) groups is 4. The molecule has 8 nitrogen and oxygen atoms in total. The number of hydrogen-bond donors (Lipinski definition) is 1. The van der Waals surface area contributed by atoms with Gasteiger partial charge in [0, 0.05) is 0 Å². The summed E-state index contributed by atoms with van der Waals surface area (Å²) in [6.45, 7) is 0.365. The van der Waals surface area contributed by atoms with Crippen molar-refractivity contribution in [3.8, 4) is 5.75 Å². The third-order valence-electron chi connectivity index (χ3n) is 5.07. The third-order valence-corrected chi connectivity index (χ3v) is 5.07. The second kappa shape index (κ2) is 9.83. The van der Waals surface area contributed by atoms with Crippen molar-refractivity contribution < 1.29 is 28.7 Å². The van der Waals surface area contributed by atoms with Crippen molar-refractivity contribution in [2.45, 2.75) is 6.61 Å². The first-order chi connectivity index (χ1) is 16.5. The molecule has 170 valence electrons. The molecule has 3 aromatic rings. The van der Waals surface area contributed by atoms with Crippen molar-refractivity contribution >= 4 is 35.6 Å². The summed E-state index contributed by atoms with van der Waals surface area (Å²) in [4.78, 5) is 50.4. The second-order valence-corrected chi connectivity index (χ2v) is 7.34. The average molecular weight is 456 g/mol. The van der Waals surface area contributed by atoms with Gasteiger partial charge in [0.05, 0.1) is 18.4 Å². The molecule has 1 saturated heterocycles. The number of anilines is 1. The first-order valence-electron chi connectivity index (χ1n) is 10.3. The maximum absolute atomic E-state index is 13.1. The van der Waals surface area contributed by atoms with E-state index in [-0.39, 0.29) is 16.8 Å². The van der Waals surface area contributed by atoms with E-state index in [0.29, 0.717) is 17.9 Å². The number of hydrogen-bond acceptors (Lipinski definition) is 6. The molecule has 0 atom stereocenters.